The van der Waals surface area contributed by atoms with E-state index in [1.165, 1.54) is 0 Å². The summed E-state index contributed by atoms with van der Waals surface area (Å²) in [5, 5.41) is 2.72. The maximum atomic E-state index is 11.5. The standard InChI is InChI=1S/C12H19N3O2/c1-8(9-5-10(13)7-14-6-9)15-11(16)17-12(2,3)4/h5-8H,13H2,1-4H3,(H,15,16)/t8-/m0/s1. The molecule has 0 aromatic carbocycles. The molecule has 1 atom stereocenters. The highest BCUT2D eigenvalue weighted by Gasteiger charge is 2.18. The van der Waals surface area contributed by atoms with Crippen LogP contribution in [-0.4, -0.2) is 16.7 Å². The second-order valence-electron chi connectivity index (χ2n) is 4.92. The van der Waals surface area contributed by atoms with Gasteiger partial charge in [0.1, 0.15) is 5.60 Å². The molecule has 1 rings (SSSR count). The summed E-state index contributed by atoms with van der Waals surface area (Å²) in [4.78, 5) is 15.5. The Labute approximate surface area is 101 Å². The predicted octanol–water partition coefficient (Wildman–Crippen LogP) is 2.25. The molecule has 17 heavy (non-hydrogen) atoms. The Bertz CT molecular complexity index is 399. The Kier molecular flexibility index (Phi) is 3.93. The summed E-state index contributed by atoms with van der Waals surface area (Å²) in [5.41, 5.74) is 6.53. The summed E-state index contributed by atoms with van der Waals surface area (Å²) in [7, 11) is 0. The molecule has 0 radical (unpaired) electrons. The van der Waals surface area contributed by atoms with Crippen molar-refractivity contribution in [3.05, 3.63) is 24.0 Å². The van der Waals surface area contributed by atoms with Crippen LogP contribution in [0.25, 0.3) is 0 Å². The lowest BCUT2D eigenvalue weighted by molar-refractivity contribution is 0.0508. The van der Waals surface area contributed by atoms with Gasteiger partial charge >= 0.3 is 6.09 Å². The normalized spacial score (nSPS) is 12.9. The third kappa shape index (κ3) is 4.72. The lowest BCUT2D eigenvalue weighted by Crippen LogP contribution is -2.34. The number of carbonyl (C=O) groups is 1. The van der Waals surface area contributed by atoms with Crippen molar-refractivity contribution in [3.8, 4) is 0 Å². The van der Waals surface area contributed by atoms with Gasteiger partial charge in [-0.25, -0.2) is 4.79 Å². The predicted molar refractivity (Wildman–Crippen MR) is 66.4 cm³/mol. The Morgan fingerprint density at radius 2 is 2.12 bits per heavy atom. The third-order valence-corrected chi connectivity index (χ3v) is 2.01. The number of carbonyl (C=O) groups excluding carboxylic acids is 1. The molecule has 1 aromatic heterocycles. The minimum Gasteiger partial charge on any atom is -0.444 e. The number of hydrogen-bond donors (Lipinski definition) is 2. The molecule has 0 aliphatic rings. The number of anilines is 1. The maximum absolute atomic E-state index is 11.5. The van der Waals surface area contributed by atoms with Crippen LogP contribution in [0.15, 0.2) is 18.5 Å². The Morgan fingerprint density at radius 3 is 2.65 bits per heavy atom. The average molecular weight is 237 g/mol. The second kappa shape index (κ2) is 5.03. The van der Waals surface area contributed by atoms with Crippen LogP contribution in [0.2, 0.25) is 0 Å². The molecule has 0 aliphatic carbocycles. The number of nitrogen functional groups attached to an aromatic ring is 1. The third-order valence-electron chi connectivity index (χ3n) is 2.01. The monoisotopic (exact) mass is 237 g/mol. The van der Waals surface area contributed by atoms with E-state index >= 15 is 0 Å². The smallest absolute Gasteiger partial charge is 0.408 e. The fourth-order valence-corrected chi connectivity index (χ4v) is 1.28. The summed E-state index contributed by atoms with van der Waals surface area (Å²) in [6.07, 6.45) is 2.77. The van der Waals surface area contributed by atoms with E-state index in [2.05, 4.69) is 10.3 Å². The van der Waals surface area contributed by atoms with Crippen LogP contribution in [-0.2, 0) is 4.74 Å². The minimum atomic E-state index is -0.502. The van der Waals surface area contributed by atoms with Crippen molar-refractivity contribution < 1.29 is 9.53 Å². The highest BCUT2D eigenvalue weighted by molar-refractivity contribution is 5.68. The first-order valence-corrected chi connectivity index (χ1v) is 5.48. The van der Waals surface area contributed by atoms with Crippen molar-refractivity contribution in [1.82, 2.24) is 10.3 Å². The number of aromatic nitrogens is 1. The number of nitrogens with two attached hydrogens (primary N) is 1. The van der Waals surface area contributed by atoms with Crippen LogP contribution in [0.3, 0.4) is 0 Å². The summed E-state index contributed by atoms with van der Waals surface area (Å²) in [5.74, 6) is 0. The molecule has 0 spiro atoms. The Hall–Kier alpha value is -1.78. The molecule has 5 heteroatoms. The van der Waals surface area contributed by atoms with Gasteiger partial charge in [-0.2, -0.15) is 0 Å². The summed E-state index contributed by atoms with van der Waals surface area (Å²) >= 11 is 0. The maximum Gasteiger partial charge on any atom is 0.408 e. The number of pyridine rings is 1. The van der Waals surface area contributed by atoms with Crippen molar-refractivity contribution in [1.29, 1.82) is 0 Å². The fourth-order valence-electron chi connectivity index (χ4n) is 1.28. The van der Waals surface area contributed by atoms with Gasteiger partial charge in [-0.1, -0.05) is 0 Å². The molecular weight excluding hydrogens is 218 g/mol. The van der Waals surface area contributed by atoms with E-state index in [0.29, 0.717) is 5.69 Å². The van der Waals surface area contributed by atoms with Gasteiger partial charge in [-0.05, 0) is 39.3 Å². The van der Waals surface area contributed by atoms with E-state index < -0.39 is 11.7 Å². The lowest BCUT2D eigenvalue weighted by atomic mass is 10.1. The van der Waals surface area contributed by atoms with Crippen molar-refractivity contribution in [2.24, 2.45) is 0 Å². The first-order valence-electron chi connectivity index (χ1n) is 5.48. The SMILES string of the molecule is C[C@H](NC(=O)OC(C)(C)C)c1cncc(N)c1. The Balaban J connectivity index is 2.61. The van der Waals surface area contributed by atoms with Gasteiger partial charge in [0, 0.05) is 12.4 Å². The molecule has 0 saturated heterocycles. The van der Waals surface area contributed by atoms with E-state index in [9.17, 15) is 4.79 Å². The van der Waals surface area contributed by atoms with Crippen molar-refractivity contribution in [3.63, 3.8) is 0 Å². The molecule has 1 amide bonds. The molecule has 3 N–H and O–H groups in total. The zero-order valence-electron chi connectivity index (χ0n) is 10.7. The highest BCUT2D eigenvalue weighted by Crippen LogP contribution is 2.15. The van der Waals surface area contributed by atoms with E-state index in [-0.39, 0.29) is 6.04 Å². The number of hydrogen-bond acceptors (Lipinski definition) is 4. The van der Waals surface area contributed by atoms with Crippen LogP contribution in [0.5, 0.6) is 0 Å². The summed E-state index contributed by atoms with van der Waals surface area (Å²) in [6, 6.07) is 1.58. The van der Waals surface area contributed by atoms with Crippen LogP contribution in [0.4, 0.5) is 10.5 Å². The van der Waals surface area contributed by atoms with Crippen molar-refractivity contribution >= 4 is 11.8 Å². The summed E-state index contributed by atoms with van der Waals surface area (Å²) in [6.45, 7) is 7.30. The van der Waals surface area contributed by atoms with Crippen molar-refractivity contribution in [2.75, 3.05) is 5.73 Å². The molecule has 94 valence electrons. The number of amides is 1. The highest BCUT2D eigenvalue weighted by atomic mass is 16.6. The fraction of sp³-hybridized carbons (Fsp3) is 0.500. The average Bonchev–Trinajstić information content (AvgIpc) is 2.14. The molecule has 0 fully saturated rings. The van der Waals surface area contributed by atoms with Gasteiger partial charge in [-0.3, -0.25) is 4.98 Å². The van der Waals surface area contributed by atoms with Gasteiger partial charge in [0.2, 0.25) is 0 Å². The molecule has 0 unspecified atom stereocenters. The lowest BCUT2D eigenvalue weighted by Gasteiger charge is -2.22. The largest absolute Gasteiger partial charge is 0.444 e. The number of ether oxygens (including phenoxy) is 1. The quantitative estimate of drug-likeness (QED) is 0.827. The number of rotatable bonds is 2. The van der Waals surface area contributed by atoms with Crippen LogP contribution in [0, 0.1) is 0 Å². The van der Waals surface area contributed by atoms with E-state index in [0.717, 1.165) is 5.56 Å². The number of alkyl carbamates (subject to hydrolysis) is 1. The van der Waals surface area contributed by atoms with Gasteiger partial charge in [0.05, 0.1) is 11.7 Å². The van der Waals surface area contributed by atoms with Crippen molar-refractivity contribution in [2.45, 2.75) is 39.3 Å². The molecule has 5 nitrogen and oxygen atoms in total. The van der Waals surface area contributed by atoms with Gasteiger partial charge in [0.15, 0.2) is 0 Å². The van der Waals surface area contributed by atoms with Gasteiger partial charge < -0.3 is 15.8 Å². The molecular formula is C12H19N3O2. The summed E-state index contributed by atoms with van der Waals surface area (Å²) < 4.78 is 5.16. The molecule has 1 aromatic rings. The second-order valence-corrected chi connectivity index (χ2v) is 4.92. The zero-order valence-corrected chi connectivity index (χ0v) is 10.7. The molecule has 1 heterocycles. The number of nitrogens with zero attached hydrogens (tertiary/aromatic N) is 1. The van der Waals surface area contributed by atoms with E-state index in [1.807, 2.05) is 27.7 Å². The van der Waals surface area contributed by atoms with Crippen LogP contribution < -0.4 is 11.1 Å². The van der Waals surface area contributed by atoms with Gasteiger partial charge in [0.25, 0.3) is 0 Å². The molecule has 0 saturated carbocycles. The van der Waals surface area contributed by atoms with E-state index in [4.69, 9.17) is 10.5 Å². The van der Waals surface area contributed by atoms with Crippen LogP contribution >= 0.6 is 0 Å². The van der Waals surface area contributed by atoms with Gasteiger partial charge in [-0.15, -0.1) is 0 Å². The van der Waals surface area contributed by atoms with Crippen LogP contribution in [0.1, 0.15) is 39.3 Å². The molecule has 0 bridgehead atoms. The van der Waals surface area contributed by atoms with E-state index in [1.54, 1.807) is 18.5 Å². The first-order chi connectivity index (χ1) is 7.78. The topological polar surface area (TPSA) is 77.2 Å². The zero-order chi connectivity index (χ0) is 13.1. The first kappa shape index (κ1) is 13.3. The number of nitrogens with one attached hydrogen (secondary N) is 1. The Morgan fingerprint density at radius 1 is 1.47 bits per heavy atom. The molecule has 0 aliphatic heterocycles. The minimum absolute atomic E-state index is 0.194.